The number of amides is 2. The fourth-order valence-electron chi connectivity index (χ4n) is 7.50. The molecule has 2 rings (SSSR count). The van der Waals surface area contributed by atoms with E-state index in [2.05, 4.69) is 24.1 Å². The second-order valence-corrected chi connectivity index (χ2v) is 14.5. The summed E-state index contributed by atoms with van der Waals surface area (Å²) in [5.74, 6) is -0.740. The average Bonchev–Trinajstić information content (AvgIpc) is 3.76. The van der Waals surface area contributed by atoms with Gasteiger partial charge < -0.3 is 29.2 Å². The highest BCUT2D eigenvalue weighted by atomic mass is 16.5. The van der Waals surface area contributed by atoms with Gasteiger partial charge >= 0.3 is 0 Å². The minimum absolute atomic E-state index is 0.0326. The van der Waals surface area contributed by atoms with Crippen molar-refractivity contribution in [3.8, 4) is 0 Å². The summed E-state index contributed by atoms with van der Waals surface area (Å²) >= 11 is 0. The summed E-state index contributed by atoms with van der Waals surface area (Å²) in [5.41, 5.74) is 0. The van der Waals surface area contributed by atoms with Crippen molar-refractivity contribution in [2.24, 2.45) is 29.6 Å². The van der Waals surface area contributed by atoms with Crippen LogP contribution in [0.3, 0.4) is 0 Å². The van der Waals surface area contributed by atoms with Crippen LogP contribution in [0.4, 0.5) is 0 Å². The fourth-order valence-corrected chi connectivity index (χ4v) is 7.50. The number of imidazole rings is 1. The molecule has 2 heterocycles. The number of nitrogens with one attached hydrogen (secondary N) is 1. The highest BCUT2D eigenvalue weighted by Gasteiger charge is 2.42. The smallest absolute Gasteiger partial charge is 0.226 e. The zero-order valence-corrected chi connectivity index (χ0v) is 31.6. The van der Waals surface area contributed by atoms with Crippen molar-refractivity contribution in [2.45, 2.75) is 130 Å². The van der Waals surface area contributed by atoms with Gasteiger partial charge in [0.25, 0.3) is 0 Å². The minimum atomic E-state index is -0.546. The molecule has 1 fully saturated rings. The van der Waals surface area contributed by atoms with Gasteiger partial charge in [0.1, 0.15) is 5.78 Å². The Bertz CT molecular complexity index is 1140. The molecule has 11 heteroatoms. The molecule has 2 amide bonds. The summed E-state index contributed by atoms with van der Waals surface area (Å²) in [6, 6.07) is -0.900. The van der Waals surface area contributed by atoms with Gasteiger partial charge in [0.2, 0.25) is 11.8 Å². The van der Waals surface area contributed by atoms with E-state index in [1.807, 2.05) is 50.3 Å². The quantitative estimate of drug-likeness (QED) is 0.189. The Hall–Kier alpha value is -2.63. The van der Waals surface area contributed by atoms with Gasteiger partial charge in [0, 0.05) is 71.4 Å². The lowest BCUT2D eigenvalue weighted by Crippen LogP contribution is -2.54. The molecule has 1 aromatic rings. The van der Waals surface area contributed by atoms with Crippen LogP contribution >= 0.6 is 0 Å². The van der Waals surface area contributed by atoms with Crippen molar-refractivity contribution in [3.63, 3.8) is 0 Å². The first-order chi connectivity index (χ1) is 22.7. The number of hydrogen-bond acceptors (Lipinski definition) is 8. The molecule has 1 aromatic heterocycles. The number of rotatable bonds is 22. The van der Waals surface area contributed by atoms with Gasteiger partial charge in [-0.2, -0.15) is 0 Å². The zero-order valence-electron chi connectivity index (χ0n) is 31.6. The monoisotopic (exact) mass is 675 g/mol. The number of likely N-dealkylation sites (N-methyl/N-ethyl adjacent to an activating group) is 2. The number of aryl methyl sites for hydroxylation is 1. The van der Waals surface area contributed by atoms with Crippen LogP contribution in [0.15, 0.2) is 18.7 Å². The maximum Gasteiger partial charge on any atom is 0.226 e. The van der Waals surface area contributed by atoms with E-state index in [1.165, 1.54) is 0 Å². The summed E-state index contributed by atoms with van der Waals surface area (Å²) in [6.45, 7) is 15.3. The standard InChI is InChI=1S/C37H65N5O6/c1-12-26(6)35(40(9)37(46)28(24(2)3)21-31(44)34(38-8)25(4)5)32(47-10)22-33(45)42-19-13-15-29(42)36(48-11)27(7)30(43)16-14-18-41-20-17-39-23-41/h17,20,23-29,32,34-36,38H,12-16,18-19,21-22H2,1-11H3/t26-,27-,28-,29-,32+,34-,35-,36+/m0/s1. The molecule has 1 aliphatic rings. The van der Waals surface area contributed by atoms with Gasteiger partial charge in [-0.3, -0.25) is 19.2 Å². The molecular formula is C37H65N5O6. The Labute approximate surface area is 289 Å². The van der Waals surface area contributed by atoms with Gasteiger partial charge in [-0.25, -0.2) is 4.98 Å². The molecular weight excluding hydrogens is 610 g/mol. The molecule has 1 aliphatic heterocycles. The number of aromatic nitrogens is 2. The SMILES string of the molecule is CC[C@H](C)[C@@H]([C@@H](CC(=O)N1CCC[C@H]1[C@H](OC)[C@@H](C)C(=O)CCCn1ccnc1)OC)N(C)C(=O)[C@@H](CC(=O)[C@@H](NC)C(C)C)C(C)C. The van der Waals surface area contributed by atoms with Crippen LogP contribution in [0.2, 0.25) is 0 Å². The third-order valence-electron chi connectivity index (χ3n) is 10.6. The van der Waals surface area contributed by atoms with E-state index in [1.54, 1.807) is 45.7 Å². The predicted molar refractivity (Wildman–Crippen MR) is 188 cm³/mol. The topological polar surface area (TPSA) is 123 Å². The van der Waals surface area contributed by atoms with Crippen molar-refractivity contribution in [1.82, 2.24) is 24.7 Å². The second-order valence-electron chi connectivity index (χ2n) is 14.5. The van der Waals surface area contributed by atoms with E-state index in [9.17, 15) is 19.2 Å². The third kappa shape index (κ3) is 10.9. The fraction of sp³-hybridized carbons (Fsp3) is 0.811. The first-order valence-electron chi connectivity index (χ1n) is 18.0. The van der Waals surface area contributed by atoms with Gasteiger partial charge in [-0.1, -0.05) is 54.9 Å². The van der Waals surface area contributed by atoms with Gasteiger partial charge in [-0.15, -0.1) is 0 Å². The first kappa shape index (κ1) is 41.5. The number of ketones is 2. The molecule has 0 bridgehead atoms. The molecule has 48 heavy (non-hydrogen) atoms. The van der Waals surface area contributed by atoms with Crippen LogP contribution in [-0.4, -0.2) is 108 Å². The maximum absolute atomic E-state index is 14.1. The normalized spacial score (nSPS) is 19.5. The highest BCUT2D eigenvalue weighted by molar-refractivity contribution is 5.90. The lowest BCUT2D eigenvalue weighted by Gasteiger charge is -2.41. The maximum atomic E-state index is 14.1. The van der Waals surface area contributed by atoms with Crippen LogP contribution in [0, 0.1) is 29.6 Å². The lowest BCUT2D eigenvalue weighted by atomic mass is 9.84. The van der Waals surface area contributed by atoms with Crippen molar-refractivity contribution in [3.05, 3.63) is 18.7 Å². The van der Waals surface area contributed by atoms with E-state index >= 15 is 0 Å². The summed E-state index contributed by atoms with van der Waals surface area (Å²) in [7, 11) is 6.78. The molecule has 0 radical (unpaired) electrons. The largest absolute Gasteiger partial charge is 0.379 e. The molecule has 0 spiro atoms. The Morgan fingerprint density at radius 3 is 2.21 bits per heavy atom. The number of ether oxygens (including phenoxy) is 2. The Morgan fingerprint density at radius 2 is 1.69 bits per heavy atom. The van der Waals surface area contributed by atoms with Crippen molar-refractivity contribution in [2.75, 3.05) is 34.9 Å². The molecule has 0 aromatic carbocycles. The van der Waals surface area contributed by atoms with Crippen LogP contribution in [-0.2, 0) is 35.2 Å². The first-order valence-corrected chi connectivity index (χ1v) is 18.0. The van der Waals surface area contributed by atoms with E-state index in [0.717, 1.165) is 25.8 Å². The predicted octanol–water partition coefficient (Wildman–Crippen LogP) is 4.63. The Morgan fingerprint density at radius 1 is 1.00 bits per heavy atom. The summed E-state index contributed by atoms with van der Waals surface area (Å²) in [5, 5.41) is 3.12. The van der Waals surface area contributed by atoms with E-state index in [0.29, 0.717) is 19.4 Å². The third-order valence-corrected chi connectivity index (χ3v) is 10.6. The van der Waals surface area contributed by atoms with Gasteiger partial charge in [0.15, 0.2) is 5.78 Å². The second kappa shape index (κ2) is 20.1. The molecule has 0 aliphatic carbocycles. The minimum Gasteiger partial charge on any atom is -0.379 e. The van der Waals surface area contributed by atoms with Crippen LogP contribution in [0.25, 0.3) is 0 Å². The number of methoxy groups -OCH3 is 2. The summed E-state index contributed by atoms with van der Waals surface area (Å²) < 4.78 is 13.9. The number of hydrogen-bond donors (Lipinski definition) is 1. The van der Waals surface area contributed by atoms with Crippen LogP contribution < -0.4 is 5.32 Å². The molecule has 11 nitrogen and oxygen atoms in total. The molecule has 1 saturated heterocycles. The summed E-state index contributed by atoms with van der Waals surface area (Å²) in [4.78, 5) is 62.3. The number of likely N-dealkylation sites (tertiary alicyclic amines) is 1. The van der Waals surface area contributed by atoms with Crippen molar-refractivity contribution < 1.29 is 28.7 Å². The molecule has 0 unspecified atom stereocenters. The van der Waals surface area contributed by atoms with Gasteiger partial charge in [0.05, 0.1) is 43.1 Å². The zero-order chi connectivity index (χ0) is 36.1. The van der Waals surface area contributed by atoms with Crippen LogP contribution in [0.5, 0.6) is 0 Å². The van der Waals surface area contributed by atoms with Crippen LogP contribution in [0.1, 0.15) is 93.4 Å². The summed E-state index contributed by atoms with van der Waals surface area (Å²) in [6.07, 6.45) is 8.17. The molecule has 274 valence electrons. The Kier molecular flexibility index (Phi) is 17.4. The lowest BCUT2D eigenvalue weighted by molar-refractivity contribution is -0.149. The van der Waals surface area contributed by atoms with E-state index in [-0.39, 0.29) is 78.0 Å². The number of carbonyl (C=O) groups excluding carboxylic acids is 4. The average molecular weight is 676 g/mol. The van der Waals surface area contributed by atoms with E-state index in [4.69, 9.17) is 9.47 Å². The highest BCUT2D eigenvalue weighted by Crippen LogP contribution is 2.31. The molecule has 8 atom stereocenters. The molecule has 1 N–H and O–H groups in total. The number of carbonyl (C=O) groups is 4. The number of Topliss-reactive ketones (excluding diaryl/α,β-unsaturated/α-hetero) is 2. The number of nitrogens with zero attached hydrogens (tertiary/aromatic N) is 4. The Balaban J connectivity index is 2.20. The van der Waals surface area contributed by atoms with E-state index < -0.39 is 18.1 Å². The van der Waals surface area contributed by atoms with Crippen molar-refractivity contribution in [1.29, 1.82) is 0 Å². The molecule has 0 saturated carbocycles. The van der Waals surface area contributed by atoms with Gasteiger partial charge in [-0.05, 0) is 44.1 Å². The van der Waals surface area contributed by atoms with Crippen molar-refractivity contribution >= 4 is 23.4 Å².